The molecule has 3 heteroatoms. The molecule has 1 aromatic heterocycles. The lowest BCUT2D eigenvalue weighted by molar-refractivity contribution is 0.197. The molecule has 0 spiro atoms. The van der Waals surface area contributed by atoms with Crippen LogP contribution in [0.3, 0.4) is 0 Å². The molecule has 1 heterocycles. The molecule has 0 radical (unpaired) electrons. The van der Waals surface area contributed by atoms with Gasteiger partial charge in [-0.2, -0.15) is 0 Å². The van der Waals surface area contributed by atoms with Crippen LogP contribution in [-0.4, -0.2) is 15.1 Å². The highest BCUT2D eigenvalue weighted by molar-refractivity contribution is 5.29. The number of aromatic nitrogens is 2. The zero-order valence-electron chi connectivity index (χ0n) is 11.0. The van der Waals surface area contributed by atoms with Gasteiger partial charge in [-0.1, -0.05) is 24.3 Å². The highest BCUT2D eigenvalue weighted by Crippen LogP contribution is 2.16. The van der Waals surface area contributed by atoms with E-state index < -0.39 is 6.10 Å². The third-order valence-electron chi connectivity index (χ3n) is 3.13. The molecule has 0 saturated carbocycles. The highest BCUT2D eigenvalue weighted by atomic mass is 16.3. The fraction of sp³-hybridized carbons (Fsp3) is 0.333. The van der Waals surface area contributed by atoms with Crippen molar-refractivity contribution in [3.63, 3.8) is 0 Å². The first-order valence-electron chi connectivity index (χ1n) is 6.13. The Balaban J connectivity index is 2.26. The minimum atomic E-state index is -0.516. The summed E-state index contributed by atoms with van der Waals surface area (Å²) in [4.78, 5) is 8.79. The molecule has 18 heavy (non-hydrogen) atoms. The first-order valence-corrected chi connectivity index (χ1v) is 6.13. The minimum absolute atomic E-state index is 0.516. The van der Waals surface area contributed by atoms with Crippen molar-refractivity contribution in [2.75, 3.05) is 0 Å². The topological polar surface area (TPSA) is 46.0 Å². The smallest absolute Gasteiger partial charge is 0.132 e. The second-order valence-corrected chi connectivity index (χ2v) is 4.61. The van der Waals surface area contributed by atoms with Crippen LogP contribution < -0.4 is 0 Å². The second-order valence-electron chi connectivity index (χ2n) is 4.61. The Kier molecular flexibility index (Phi) is 3.72. The zero-order chi connectivity index (χ0) is 13.1. The molecule has 0 bridgehead atoms. The molecule has 1 N–H and O–H groups in total. The van der Waals surface area contributed by atoms with Gasteiger partial charge >= 0.3 is 0 Å². The quantitative estimate of drug-likeness (QED) is 0.900. The highest BCUT2D eigenvalue weighted by Gasteiger charge is 2.09. The van der Waals surface area contributed by atoms with Gasteiger partial charge in [0.25, 0.3) is 0 Å². The molecule has 2 rings (SSSR count). The van der Waals surface area contributed by atoms with Gasteiger partial charge in [-0.05, 0) is 31.9 Å². The third kappa shape index (κ3) is 2.74. The predicted molar refractivity (Wildman–Crippen MR) is 71.4 cm³/mol. The lowest BCUT2D eigenvalue weighted by Crippen LogP contribution is -2.04. The summed E-state index contributed by atoms with van der Waals surface area (Å²) in [5.41, 5.74) is 4.13. The van der Waals surface area contributed by atoms with E-state index in [4.69, 9.17) is 0 Å². The average Bonchev–Trinajstić information content (AvgIpc) is 2.32. The average molecular weight is 242 g/mol. The van der Waals surface area contributed by atoms with Gasteiger partial charge in [-0.3, -0.25) is 0 Å². The summed E-state index contributed by atoms with van der Waals surface area (Å²) in [6, 6.07) is 8.24. The maximum atomic E-state index is 9.55. The van der Waals surface area contributed by atoms with Crippen molar-refractivity contribution in [3.8, 4) is 0 Å². The molecular formula is C15H18N2O. The number of hydrogen-bond donors (Lipinski definition) is 1. The molecule has 94 valence electrons. The normalized spacial score (nSPS) is 12.4. The number of nitrogens with zero attached hydrogens (tertiary/aromatic N) is 2. The van der Waals surface area contributed by atoms with E-state index in [1.165, 1.54) is 11.1 Å². The number of aliphatic hydroxyl groups is 1. The summed E-state index contributed by atoms with van der Waals surface area (Å²) in [5.74, 6) is 0.797. The summed E-state index contributed by atoms with van der Waals surface area (Å²) < 4.78 is 0. The molecule has 0 amide bonds. The standard InChI is InChI=1S/C15H18N2O/c1-10-6-4-5-7-13(10)8-15-16-9-14(12(3)18)11(2)17-15/h4-7,9,12,18H,8H2,1-3H3/t12-/m0/s1. The first-order chi connectivity index (χ1) is 8.58. The number of benzene rings is 1. The van der Waals surface area contributed by atoms with Gasteiger partial charge in [-0.25, -0.2) is 9.97 Å². The van der Waals surface area contributed by atoms with E-state index >= 15 is 0 Å². The molecule has 0 fully saturated rings. The van der Waals surface area contributed by atoms with Crippen molar-refractivity contribution in [2.24, 2.45) is 0 Å². The summed E-state index contributed by atoms with van der Waals surface area (Å²) in [7, 11) is 0. The van der Waals surface area contributed by atoms with E-state index in [2.05, 4.69) is 29.0 Å². The van der Waals surface area contributed by atoms with Crippen molar-refractivity contribution < 1.29 is 5.11 Å². The van der Waals surface area contributed by atoms with Gasteiger partial charge in [0.2, 0.25) is 0 Å². The molecule has 0 aliphatic carbocycles. The van der Waals surface area contributed by atoms with E-state index in [1.807, 2.05) is 19.1 Å². The lowest BCUT2D eigenvalue weighted by atomic mass is 10.1. The minimum Gasteiger partial charge on any atom is -0.389 e. The van der Waals surface area contributed by atoms with E-state index in [9.17, 15) is 5.11 Å². The van der Waals surface area contributed by atoms with E-state index in [0.29, 0.717) is 0 Å². The van der Waals surface area contributed by atoms with Crippen molar-refractivity contribution in [1.29, 1.82) is 0 Å². The Morgan fingerprint density at radius 2 is 1.94 bits per heavy atom. The summed E-state index contributed by atoms with van der Waals surface area (Å²) in [5, 5.41) is 9.55. The van der Waals surface area contributed by atoms with Gasteiger partial charge in [0.15, 0.2) is 0 Å². The maximum absolute atomic E-state index is 9.55. The molecule has 0 saturated heterocycles. The van der Waals surface area contributed by atoms with Crippen molar-refractivity contribution >= 4 is 0 Å². The first kappa shape index (κ1) is 12.7. The van der Waals surface area contributed by atoms with Crippen molar-refractivity contribution in [3.05, 3.63) is 58.7 Å². The van der Waals surface area contributed by atoms with Crippen LogP contribution in [0.1, 0.15) is 41.2 Å². The number of rotatable bonds is 3. The third-order valence-corrected chi connectivity index (χ3v) is 3.13. The predicted octanol–water partition coefficient (Wildman–Crippen LogP) is 2.74. The molecule has 3 nitrogen and oxygen atoms in total. The van der Waals surface area contributed by atoms with Gasteiger partial charge < -0.3 is 5.11 Å². The molecule has 0 unspecified atom stereocenters. The van der Waals surface area contributed by atoms with Crippen LogP contribution in [0.5, 0.6) is 0 Å². The Bertz CT molecular complexity index is 550. The van der Waals surface area contributed by atoms with Crippen LogP contribution in [0, 0.1) is 13.8 Å². The maximum Gasteiger partial charge on any atom is 0.132 e. The van der Waals surface area contributed by atoms with Gasteiger partial charge in [0.05, 0.1) is 6.10 Å². The molecular weight excluding hydrogens is 224 g/mol. The number of hydrogen-bond acceptors (Lipinski definition) is 3. The lowest BCUT2D eigenvalue weighted by Gasteiger charge is -2.10. The van der Waals surface area contributed by atoms with Gasteiger partial charge in [0, 0.05) is 23.9 Å². The summed E-state index contributed by atoms with van der Waals surface area (Å²) in [6.45, 7) is 5.73. The van der Waals surface area contributed by atoms with E-state index in [-0.39, 0.29) is 0 Å². The number of aliphatic hydroxyl groups excluding tert-OH is 1. The SMILES string of the molecule is Cc1ccccc1Cc1ncc([C@H](C)O)c(C)n1. The number of aryl methyl sites for hydroxylation is 2. The monoisotopic (exact) mass is 242 g/mol. The Morgan fingerprint density at radius 3 is 2.56 bits per heavy atom. The van der Waals surface area contributed by atoms with Crippen LogP contribution in [0.4, 0.5) is 0 Å². The molecule has 1 atom stereocenters. The Labute approximate surface area is 108 Å². The van der Waals surface area contributed by atoms with Crippen LogP contribution in [0.25, 0.3) is 0 Å². The van der Waals surface area contributed by atoms with Crippen LogP contribution >= 0.6 is 0 Å². The Morgan fingerprint density at radius 1 is 1.22 bits per heavy atom. The molecule has 2 aromatic rings. The summed E-state index contributed by atoms with van der Waals surface area (Å²) in [6.07, 6.45) is 1.94. The van der Waals surface area contributed by atoms with Crippen LogP contribution in [-0.2, 0) is 6.42 Å². The Hall–Kier alpha value is -1.74. The molecule has 0 aliphatic heterocycles. The van der Waals surface area contributed by atoms with Crippen LogP contribution in [0.15, 0.2) is 30.5 Å². The fourth-order valence-electron chi connectivity index (χ4n) is 2.00. The second kappa shape index (κ2) is 5.27. The van der Waals surface area contributed by atoms with Crippen molar-refractivity contribution in [2.45, 2.75) is 33.3 Å². The molecule has 1 aromatic carbocycles. The van der Waals surface area contributed by atoms with Gasteiger partial charge in [0.1, 0.15) is 5.82 Å². The molecule has 0 aliphatic rings. The van der Waals surface area contributed by atoms with Crippen molar-refractivity contribution in [1.82, 2.24) is 9.97 Å². The largest absolute Gasteiger partial charge is 0.389 e. The zero-order valence-corrected chi connectivity index (χ0v) is 11.0. The van der Waals surface area contributed by atoms with E-state index in [0.717, 1.165) is 23.5 Å². The summed E-state index contributed by atoms with van der Waals surface area (Å²) >= 11 is 0. The van der Waals surface area contributed by atoms with Crippen LogP contribution in [0.2, 0.25) is 0 Å². The van der Waals surface area contributed by atoms with Gasteiger partial charge in [-0.15, -0.1) is 0 Å². The fourth-order valence-corrected chi connectivity index (χ4v) is 2.00. The van der Waals surface area contributed by atoms with E-state index in [1.54, 1.807) is 13.1 Å².